The highest BCUT2D eigenvalue weighted by atomic mass is 16.7. The molecule has 6 nitrogen and oxygen atoms in total. The van der Waals surface area contributed by atoms with Gasteiger partial charge in [-0.3, -0.25) is 9.78 Å². The second kappa shape index (κ2) is 7.29. The molecule has 0 bridgehead atoms. The van der Waals surface area contributed by atoms with E-state index >= 15 is 0 Å². The van der Waals surface area contributed by atoms with Crippen LogP contribution in [0.1, 0.15) is 34.5 Å². The number of pyridine rings is 1. The first-order valence-electron chi connectivity index (χ1n) is 9.42. The third kappa shape index (κ3) is 3.82. The van der Waals surface area contributed by atoms with E-state index in [-0.39, 0.29) is 5.91 Å². The Morgan fingerprint density at radius 1 is 1.07 bits per heavy atom. The topological polar surface area (TPSA) is 63.7 Å². The molecule has 6 heteroatoms. The molecule has 1 spiro atoms. The minimum Gasteiger partial charge on any atom is -0.371 e. The molecule has 2 aliphatic heterocycles. The van der Waals surface area contributed by atoms with Crippen LogP contribution in [0.5, 0.6) is 0 Å². The first kappa shape index (κ1) is 17.9. The first-order valence-corrected chi connectivity index (χ1v) is 9.42. The van der Waals surface area contributed by atoms with E-state index in [0.29, 0.717) is 18.9 Å². The summed E-state index contributed by atoms with van der Waals surface area (Å²) in [5.41, 5.74) is 4.55. The molecule has 0 atom stereocenters. The van der Waals surface area contributed by atoms with Crippen molar-refractivity contribution in [3.05, 3.63) is 53.3 Å². The maximum Gasteiger partial charge on any atom is 0.274 e. The van der Waals surface area contributed by atoms with Gasteiger partial charge < -0.3 is 19.7 Å². The summed E-state index contributed by atoms with van der Waals surface area (Å²) in [7, 11) is 0. The summed E-state index contributed by atoms with van der Waals surface area (Å²) in [5, 5.41) is 2.94. The number of aromatic nitrogens is 1. The van der Waals surface area contributed by atoms with Gasteiger partial charge in [0.1, 0.15) is 5.69 Å². The number of ether oxygens (including phenoxy) is 2. The van der Waals surface area contributed by atoms with Crippen LogP contribution in [-0.4, -0.2) is 43.0 Å². The Morgan fingerprint density at radius 2 is 1.81 bits per heavy atom. The molecule has 2 aliphatic rings. The van der Waals surface area contributed by atoms with Gasteiger partial charge in [0.25, 0.3) is 5.91 Å². The molecule has 0 aliphatic carbocycles. The van der Waals surface area contributed by atoms with Crippen molar-refractivity contribution < 1.29 is 14.3 Å². The van der Waals surface area contributed by atoms with E-state index in [1.165, 1.54) is 5.56 Å². The highest BCUT2D eigenvalue weighted by Gasteiger charge is 2.39. The Morgan fingerprint density at radius 3 is 2.52 bits per heavy atom. The summed E-state index contributed by atoms with van der Waals surface area (Å²) in [5.74, 6) is -0.594. The predicted molar refractivity (Wildman–Crippen MR) is 104 cm³/mol. The Kier molecular flexibility index (Phi) is 4.85. The Labute approximate surface area is 159 Å². The average molecular weight is 367 g/mol. The number of nitrogens with zero attached hydrogens (tertiary/aromatic N) is 2. The summed E-state index contributed by atoms with van der Waals surface area (Å²) in [6, 6.07) is 9.69. The van der Waals surface area contributed by atoms with Crippen molar-refractivity contribution in [2.45, 2.75) is 32.5 Å². The van der Waals surface area contributed by atoms with E-state index < -0.39 is 5.79 Å². The quantitative estimate of drug-likeness (QED) is 0.902. The van der Waals surface area contributed by atoms with Crippen LogP contribution in [0.2, 0.25) is 0 Å². The fourth-order valence-corrected chi connectivity index (χ4v) is 3.65. The number of hydrogen-bond donors (Lipinski definition) is 1. The van der Waals surface area contributed by atoms with E-state index in [1.807, 2.05) is 37.3 Å². The highest BCUT2D eigenvalue weighted by molar-refractivity contribution is 6.03. The molecule has 0 saturated carbocycles. The molecule has 2 fully saturated rings. The molecule has 142 valence electrons. The lowest BCUT2D eigenvalue weighted by Gasteiger charge is -2.38. The van der Waals surface area contributed by atoms with Gasteiger partial charge in [0.2, 0.25) is 0 Å². The number of carbonyl (C=O) groups is 1. The summed E-state index contributed by atoms with van der Waals surface area (Å²) in [6.07, 6.45) is 3.36. The number of anilines is 2. The van der Waals surface area contributed by atoms with Crippen LogP contribution in [0.4, 0.5) is 11.4 Å². The SMILES string of the molecule is Cc1ccc(NC(=O)c2cc(N3CCC4(CC3)OCCO4)ccn2)cc1C. The monoisotopic (exact) mass is 367 g/mol. The molecule has 4 rings (SSSR count). The number of amides is 1. The zero-order valence-corrected chi connectivity index (χ0v) is 15.8. The third-order valence-corrected chi connectivity index (χ3v) is 5.44. The fraction of sp³-hybridized carbons (Fsp3) is 0.429. The second-order valence-electron chi connectivity index (χ2n) is 7.25. The van der Waals surface area contributed by atoms with Gasteiger partial charge in [-0.15, -0.1) is 0 Å². The number of carbonyl (C=O) groups excluding carboxylic acids is 1. The van der Waals surface area contributed by atoms with Crippen LogP contribution in [0.3, 0.4) is 0 Å². The maximum atomic E-state index is 12.6. The van der Waals surface area contributed by atoms with Crippen molar-refractivity contribution in [2.75, 3.05) is 36.5 Å². The van der Waals surface area contributed by atoms with E-state index in [1.54, 1.807) is 6.20 Å². The van der Waals surface area contributed by atoms with Crippen LogP contribution in [-0.2, 0) is 9.47 Å². The van der Waals surface area contributed by atoms with Gasteiger partial charge in [-0.05, 0) is 49.2 Å². The van der Waals surface area contributed by atoms with Crippen LogP contribution in [0.15, 0.2) is 36.5 Å². The summed E-state index contributed by atoms with van der Waals surface area (Å²) in [6.45, 7) is 7.11. The van der Waals surface area contributed by atoms with E-state index in [2.05, 4.69) is 22.1 Å². The van der Waals surface area contributed by atoms with Crippen molar-refractivity contribution >= 4 is 17.3 Å². The number of aryl methyl sites for hydroxylation is 2. The minimum absolute atomic E-state index is 0.198. The lowest BCUT2D eigenvalue weighted by Crippen LogP contribution is -2.45. The van der Waals surface area contributed by atoms with Crippen molar-refractivity contribution in [2.24, 2.45) is 0 Å². The number of benzene rings is 1. The largest absolute Gasteiger partial charge is 0.371 e. The predicted octanol–water partition coefficient (Wildman–Crippen LogP) is 3.29. The number of rotatable bonds is 3. The maximum absolute atomic E-state index is 12.6. The molecule has 0 radical (unpaired) electrons. The molecule has 3 heterocycles. The summed E-state index contributed by atoms with van der Waals surface area (Å²) < 4.78 is 11.6. The molecule has 27 heavy (non-hydrogen) atoms. The number of nitrogens with one attached hydrogen (secondary N) is 1. The molecule has 1 aromatic carbocycles. The molecule has 0 unspecified atom stereocenters. The molecule has 2 saturated heterocycles. The molecule has 2 aromatic rings. The summed E-state index contributed by atoms with van der Waals surface area (Å²) in [4.78, 5) is 19.1. The molecule has 1 amide bonds. The first-order chi connectivity index (χ1) is 13.0. The van der Waals surface area contributed by atoms with Crippen LogP contribution in [0.25, 0.3) is 0 Å². The van der Waals surface area contributed by atoms with E-state index in [9.17, 15) is 4.79 Å². The van der Waals surface area contributed by atoms with E-state index in [0.717, 1.165) is 42.9 Å². The Bertz CT molecular complexity index is 836. The average Bonchev–Trinajstić information content (AvgIpc) is 3.13. The van der Waals surface area contributed by atoms with Crippen LogP contribution in [0, 0.1) is 13.8 Å². The highest BCUT2D eigenvalue weighted by Crippen LogP contribution is 2.33. The van der Waals surface area contributed by atoms with Crippen molar-refractivity contribution in [1.82, 2.24) is 4.98 Å². The normalized spacial score (nSPS) is 18.7. The molecular weight excluding hydrogens is 342 g/mol. The van der Waals surface area contributed by atoms with Gasteiger partial charge in [-0.25, -0.2) is 0 Å². The van der Waals surface area contributed by atoms with Gasteiger partial charge in [0, 0.05) is 43.5 Å². The van der Waals surface area contributed by atoms with E-state index in [4.69, 9.17) is 9.47 Å². The number of piperidine rings is 1. The van der Waals surface area contributed by atoms with Gasteiger partial charge in [0.05, 0.1) is 13.2 Å². The van der Waals surface area contributed by atoms with Crippen molar-refractivity contribution in [3.63, 3.8) is 0 Å². The van der Waals surface area contributed by atoms with Crippen LogP contribution < -0.4 is 10.2 Å². The molecule has 1 N–H and O–H groups in total. The lowest BCUT2D eigenvalue weighted by molar-refractivity contribution is -0.169. The van der Waals surface area contributed by atoms with Crippen molar-refractivity contribution in [3.8, 4) is 0 Å². The smallest absolute Gasteiger partial charge is 0.274 e. The zero-order chi connectivity index (χ0) is 18.9. The summed E-state index contributed by atoms with van der Waals surface area (Å²) >= 11 is 0. The standard InChI is InChI=1S/C21H25N3O3/c1-15-3-4-17(13-16(15)2)23-20(25)19-14-18(5-8-22-19)24-9-6-21(7-10-24)26-11-12-27-21/h3-5,8,13-14H,6-7,9-12H2,1-2H3,(H,23,25). The lowest BCUT2D eigenvalue weighted by atomic mass is 10.0. The Balaban J connectivity index is 1.44. The van der Waals surface area contributed by atoms with Gasteiger partial charge in [-0.1, -0.05) is 6.07 Å². The third-order valence-electron chi connectivity index (χ3n) is 5.44. The van der Waals surface area contributed by atoms with Crippen LogP contribution >= 0.6 is 0 Å². The number of hydrogen-bond acceptors (Lipinski definition) is 5. The minimum atomic E-state index is -0.396. The fourth-order valence-electron chi connectivity index (χ4n) is 3.65. The van der Waals surface area contributed by atoms with Gasteiger partial charge in [0.15, 0.2) is 5.79 Å². The molecule has 1 aromatic heterocycles. The zero-order valence-electron chi connectivity index (χ0n) is 15.8. The van der Waals surface area contributed by atoms with Crippen molar-refractivity contribution in [1.29, 1.82) is 0 Å². The van der Waals surface area contributed by atoms with Gasteiger partial charge in [-0.2, -0.15) is 0 Å². The second-order valence-corrected chi connectivity index (χ2v) is 7.25. The Hall–Kier alpha value is -2.44. The van der Waals surface area contributed by atoms with Gasteiger partial charge >= 0.3 is 0 Å². The molecular formula is C21H25N3O3.